The van der Waals surface area contributed by atoms with Crippen LogP contribution in [0.15, 0.2) is 40.8 Å². The van der Waals surface area contributed by atoms with E-state index in [4.69, 9.17) is 9.15 Å². The van der Waals surface area contributed by atoms with E-state index < -0.39 is 5.91 Å². The van der Waals surface area contributed by atoms with Gasteiger partial charge in [0.05, 0.1) is 7.11 Å². The van der Waals surface area contributed by atoms with Crippen LogP contribution < -0.4 is 15.4 Å². The average Bonchev–Trinajstić information content (AvgIpc) is 3.54. The molecule has 1 aliphatic carbocycles. The van der Waals surface area contributed by atoms with Gasteiger partial charge in [0, 0.05) is 23.7 Å². The summed E-state index contributed by atoms with van der Waals surface area (Å²) in [6, 6.07) is 11.4. The first-order valence-electron chi connectivity index (χ1n) is 12.4. The van der Waals surface area contributed by atoms with E-state index in [2.05, 4.69) is 20.5 Å². The van der Waals surface area contributed by atoms with Crippen LogP contribution in [0.1, 0.15) is 54.6 Å². The first-order chi connectivity index (χ1) is 17.0. The van der Waals surface area contributed by atoms with Crippen molar-refractivity contribution in [3.63, 3.8) is 0 Å². The summed E-state index contributed by atoms with van der Waals surface area (Å²) in [7, 11) is 1.52. The molecule has 0 unspecified atom stereocenters. The van der Waals surface area contributed by atoms with Gasteiger partial charge < -0.3 is 24.7 Å². The molecule has 8 heteroatoms. The minimum Gasteiger partial charge on any atom is -0.481 e. The molecule has 1 aliphatic heterocycles. The molecule has 3 heterocycles. The van der Waals surface area contributed by atoms with Crippen molar-refractivity contribution in [2.75, 3.05) is 30.8 Å². The summed E-state index contributed by atoms with van der Waals surface area (Å²) in [5.74, 6) is -0.233. The standard InChI is InChI=1S/C27H32N4O4/c1-17-5-9-19(10-6-17)28-27(33)25-24(23-21(35-25)13-14-22(29-23)34-2)30-26(32)18-7-11-20(12-8-18)31-15-3-4-16-31/h5-6,9-10,13-14,18,20H,3-4,7-8,11-12,15-16H2,1-2H3,(H,28,33)(H,30,32). The number of methoxy groups -OCH3 is 1. The molecule has 0 spiro atoms. The van der Waals surface area contributed by atoms with Crippen LogP contribution in [0.3, 0.4) is 0 Å². The lowest BCUT2D eigenvalue weighted by Gasteiger charge is -2.33. The number of rotatable bonds is 6. The molecule has 35 heavy (non-hydrogen) atoms. The van der Waals surface area contributed by atoms with Crippen molar-refractivity contribution in [1.29, 1.82) is 0 Å². The first-order valence-corrected chi connectivity index (χ1v) is 12.4. The number of hydrogen-bond acceptors (Lipinski definition) is 6. The first kappa shape index (κ1) is 23.4. The van der Waals surface area contributed by atoms with E-state index >= 15 is 0 Å². The highest BCUT2D eigenvalue weighted by atomic mass is 16.5. The zero-order chi connectivity index (χ0) is 24.4. The highest BCUT2D eigenvalue weighted by Crippen LogP contribution is 2.34. The Kier molecular flexibility index (Phi) is 6.72. The van der Waals surface area contributed by atoms with Crippen LogP contribution in [0.4, 0.5) is 11.4 Å². The average molecular weight is 477 g/mol. The van der Waals surface area contributed by atoms with Gasteiger partial charge in [-0.1, -0.05) is 17.7 Å². The van der Waals surface area contributed by atoms with Crippen molar-refractivity contribution < 1.29 is 18.7 Å². The van der Waals surface area contributed by atoms with Crippen molar-refractivity contribution >= 4 is 34.3 Å². The van der Waals surface area contributed by atoms with Crippen LogP contribution in [0.2, 0.25) is 0 Å². The number of hydrogen-bond donors (Lipinski definition) is 2. The Bertz CT molecular complexity index is 1210. The van der Waals surface area contributed by atoms with Gasteiger partial charge in [0.25, 0.3) is 5.91 Å². The molecule has 1 aromatic carbocycles. The third-order valence-electron chi connectivity index (χ3n) is 7.21. The van der Waals surface area contributed by atoms with E-state index in [1.54, 1.807) is 12.1 Å². The van der Waals surface area contributed by atoms with Crippen molar-refractivity contribution in [2.45, 2.75) is 51.5 Å². The summed E-state index contributed by atoms with van der Waals surface area (Å²) < 4.78 is 11.1. The lowest BCUT2D eigenvalue weighted by Crippen LogP contribution is -2.38. The Morgan fingerprint density at radius 2 is 1.71 bits per heavy atom. The maximum Gasteiger partial charge on any atom is 0.293 e. The summed E-state index contributed by atoms with van der Waals surface area (Å²) in [6.07, 6.45) is 6.28. The van der Waals surface area contributed by atoms with Gasteiger partial charge in [-0.3, -0.25) is 9.59 Å². The third kappa shape index (κ3) is 5.03. The Balaban J connectivity index is 1.36. The van der Waals surface area contributed by atoms with Crippen LogP contribution in [-0.4, -0.2) is 47.9 Å². The second kappa shape index (κ2) is 10.1. The number of benzene rings is 1. The summed E-state index contributed by atoms with van der Waals surface area (Å²) in [5, 5.41) is 5.85. The van der Waals surface area contributed by atoms with Gasteiger partial charge in [-0.05, 0) is 76.7 Å². The van der Waals surface area contributed by atoms with E-state index in [1.165, 1.54) is 33.0 Å². The SMILES string of the molecule is COc1ccc2oc(C(=O)Nc3ccc(C)cc3)c(NC(=O)C3CCC(N4CCCC4)CC3)c2n1. The summed E-state index contributed by atoms with van der Waals surface area (Å²) in [5.41, 5.74) is 2.83. The molecule has 184 valence electrons. The van der Waals surface area contributed by atoms with Crippen molar-refractivity contribution in [3.8, 4) is 5.88 Å². The molecule has 3 aromatic rings. The number of nitrogens with one attached hydrogen (secondary N) is 2. The number of pyridine rings is 1. The number of aryl methyl sites for hydroxylation is 1. The molecule has 2 N–H and O–H groups in total. The highest BCUT2D eigenvalue weighted by Gasteiger charge is 2.32. The van der Waals surface area contributed by atoms with Crippen molar-refractivity contribution in [3.05, 3.63) is 47.7 Å². The summed E-state index contributed by atoms with van der Waals surface area (Å²) in [6.45, 7) is 4.33. The van der Waals surface area contributed by atoms with Gasteiger partial charge in [-0.25, -0.2) is 4.98 Å². The molecule has 0 bridgehead atoms. The highest BCUT2D eigenvalue weighted by molar-refractivity contribution is 6.14. The topological polar surface area (TPSA) is 96.7 Å². The number of anilines is 2. The number of ether oxygens (including phenoxy) is 1. The minimum atomic E-state index is -0.445. The second-order valence-electron chi connectivity index (χ2n) is 9.56. The maximum absolute atomic E-state index is 13.3. The number of fused-ring (bicyclic) bond motifs is 1. The normalized spacial score (nSPS) is 20.6. The largest absolute Gasteiger partial charge is 0.481 e. The van der Waals surface area contributed by atoms with Crippen LogP contribution in [-0.2, 0) is 4.79 Å². The number of amides is 2. The number of carbonyl (C=O) groups is 2. The molecule has 0 radical (unpaired) electrons. The molecule has 0 atom stereocenters. The number of aromatic nitrogens is 1. The lowest BCUT2D eigenvalue weighted by atomic mass is 9.85. The molecule has 2 aliphatic rings. The maximum atomic E-state index is 13.3. The van der Waals surface area contributed by atoms with E-state index in [1.807, 2.05) is 31.2 Å². The van der Waals surface area contributed by atoms with Gasteiger partial charge in [0.2, 0.25) is 17.5 Å². The summed E-state index contributed by atoms with van der Waals surface area (Å²) >= 11 is 0. The van der Waals surface area contributed by atoms with Crippen molar-refractivity contribution in [1.82, 2.24) is 9.88 Å². The number of nitrogens with zero attached hydrogens (tertiary/aromatic N) is 2. The minimum absolute atomic E-state index is 0.0282. The fourth-order valence-corrected chi connectivity index (χ4v) is 5.21. The van der Waals surface area contributed by atoms with Crippen LogP contribution in [0, 0.1) is 12.8 Å². The monoisotopic (exact) mass is 476 g/mol. The second-order valence-corrected chi connectivity index (χ2v) is 9.56. The number of carbonyl (C=O) groups excluding carboxylic acids is 2. The van der Waals surface area contributed by atoms with E-state index in [0.717, 1.165) is 31.2 Å². The molecule has 1 saturated carbocycles. The number of likely N-dealkylation sites (tertiary alicyclic amines) is 1. The van der Waals surface area contributed by atoms with Gasteiger partial charge >= 0.3 is 0 Å². The third-order valence-corrected chi connectivity index (χ3v) is 7.21. The molecule has 2 amide bonds. The van der Waals surface area contributed by atoms with Gasteiger partial charge in [0.15, 0.2) is 5.58 Å². The Morgan fingerprint density at radius 1 is 1.00 bits per heavy atom. The fourth-order valence-electron chi connectivity index (χ4n) is 5.21. The zero-order valence-electron chi connectivity index (χ0n) is 20.3. The number of furan rings is 1. The van der Waals surface area contributed by atoms with Crippen LogP contribution in [0.25, 0.3) is 11.1 Å². The lowest BCUT2D eigenvalue weighted by molar-refractivity contribution is -0.121. The molecule has 2 aromatic heterocycles. The molecule has 8 nitrogen and oxygen atoms in total. The van der Waals surface area contributed by atoms with E-state index in [-0.39, 0.29) is 23.3 Å². The Hall–Kier alpha value is -3.39. The predicted octanol–water partition coefficient (Wildman–Crippen LogP) is 4.99. The summed E-state index contributed by atoms with van der Waals surface area (Å²) in [4.78, 5) is 33.5. The molecule has 1 saturated heterocycles. The fraction of sp³-hybridized carbons (Fsp3) is 0.444. The Labute approximate surface area is 205 Å². The molecular formula is C27H32N4O4. The van der Waals surface area contributed by atoms with Crippen molar-refractivity contribution in [2.24, 2.45) is 5.92 Å². The van der Waals surface area contributed by atoms with E-state index in [0.29, 0.717) is 28.7 Å². The van der Waals surface area contributed by atoms with Gasteiger partial charge in [-0.15, -0.1) is 0 Å². The Morgan fingerprint density at radius 3 is 2.40 bits per heavy atom. The van der Waals surface area contributed by atoms with Gasteiger partial charge in [-0.2, -0.15) is 0 Å². The molecular weight excluding hydrogens is 444 g/mol. The smallest absolute Gasteiger partial charge is 0.293 e. The predicted molar refractivity (Wildman–Crippen MR) is 135 cm³/mol. The van der Waals surface area contributed by atoms with Crippen LogP contribution >= 0.6 is 0 Å². The molecule has 5 rings (SSSR count). The zero-order valence-corrected chi connectivity index (χ0v) is 20.3. The van der Waals surface area contributed by atoms with Crippen LogP contribution in [0.5, 0.6) is 5.88 Å². The molecule has 2 fully saturated rings. The van der Waals surface area contributed by atoms with E-state index in [9.17, 15) is 9.59 Å². The van der Waals surface area contributed by atoms with Gasteiger partial charge in [0.1, 0.15) is 11.2 Å². The quantitative estimate of drug-likeness (QED) is 0.520.